The van der Waals surface area contributed by atoms with Gasteiger partial charge < -0.3 is 15.7 Å². The van der Waals surface area contributed by atoms with E-state index in [9.17, 15) is 27.9 Å². The van der Waals surface area contributed by atoms with Crippen LogP contribution in [0.1, 0.15) is 12.5 Å². The van der Waals surface area contributed by atoms with E-state index in [1.165, 1.54) is 18.7 Å². The van der Waals surface area contributed by atoms with Gasteiger partial charge in [-0.2, -0.15) is 24.9 Å². The van der Waals surface area contributed by atoms with Crippen molar-refractivity contribution < 1.29 is 27.9 Å². The number of thioether (sulfide) groups is 1. The molecule has 1 rings (SSSR count). The minimum atomic E-state index is -4.47. The second kappa shape index (κ2) is 7.69. The number of hydrogen-bond acceptors (Lipinski definition) is 4. The van der Waals surface area contributed by atoms with E-state index in [0.29, 0.717) is 5.75 Å². The van der Waals surface area contributed by atoms with Gasteiger partial charge in [0.15, 0.2) is 0 Å². The van der Waals surface area contributed by atoms with Crippen LogP contribution in [0.4, 0.5) is 18.9 Å². The maximum atomic E-state index is 12.4. The smallest absolute Gasteiger partial charge is 0.387 e. The van der Waals surface area contributed by atoms with Crippen LogP contribution in [-0.4, -0.2) is 41.1 Å². The summed E-state index contributed by atoms with van der Waals surface area (Å²) in [7, 11) is 0. The lowest BCUT2D eigenvalue weighted by molar-refractivity contribution is -0.137. The van der Waals surface area contributed by atoms with Gasteiger partial charge in [-0.15, -0.1) is 0 Å². The van der Waals surface area contributed by atoms with Crippen molar-refractivity contribution in [3.8, 4) is 0 Å². The SMILES string of the molecule is CSCC(C)(O)CNC(=O)C(=O)Nc1ccc(C(F)(F)F)cc1. The molecule has 0 saturated heterocycles. The third-order valence-electron chi connectivity index (χ3n) is 2.76. The molecule has 0 bridgehead atoms. The van der Waals surface area contributed by atoms with Crippen molar-refractivity contribution in [1.29, 1.82) is 0 Å². The molecule has 2 amide bonds. The fourth-order valence-corrected chi connectivity index (χ4v) is 2.37. The van der Waals surface area contributed by atoms with Gasteiger partial charge in [-0.1, -0.05) is 0 Å². The molecular formula is C14H17F3N2O3S. The number of alkyl halides is 3. The zero-order valence-corrected chi connectivity index (χ0v) is 13.3. The fourth-order valence-electron chi connectivity index (χ4n) is 1.64. The first-order valence-corrected chi connectivity index (χ1v) is 7.92. The second-order valence-electron chi connectivity index (χ2n) is 5.14. The Morgan fingerprint density at radius 1 is 1.17 bits per heavy atom. The van der Waals surface area contributed by atoms with Crippen LogP contribution in [-0.2, 0) is 15.8 Å². The molecule has 5 nitrogen and oxygen atoms in total. The van der Waals surface area contributed by atoms with E-state index in [1.54, 1.807) is 6.26 Å². The van der Waals surface area contributed by atoms with E-state index in [0.717, 1.165) is 24.3 Å². The minimum Gasteiger partial charge on any atom is -0.387 e. The molecule has 0 aliphatic heterocycles. The minimum absolute atomic E-state index is 0.0639. The zero-order chi connectivity index (χ0) is 17.7. The van der Waals surface area contributed by atoms with Crippen LogP contribution in [0.5, 0.6) is 0 Å². The molecule has 0 aliphatic carbocycles. The highest BCUT2D eigenvalue weighted by Crippen LogP contribution is 2.29. The van der Waals surface area contributed by atoms with Gasteiger partial charge in [-0.3, -0.25) is 9.59 Å². The van der Waals surface area contributed by atoms with Gasteiger partial charge >= 0.3 is 18.0 Å². The van der Waals surface area contributed by atoms with Gasteiger partial charge in [0.2, 0.25) is 0 Å². The number of rotatable bonds is 5. The number of carbonyl (C=O) groups is 2. The van der Waals surface area contributed by atoms with Crippen molar-refractivity contribution in [3.05, 3.63) is 29.8 Å². The predicted molar refractivity (Wildman–Crippen MR) is 82.1 cm³/mol. The largest absolute Gasteiger partial charge is 0.416 e. The molecule has 128 valence electrons. The van der Waals surface area contributed by atoms with Crippen molar-refractivity contribution in [1.82, 2.24) is 5.32 Å². The summed E-state index contributed by atoms with van der Waals surface area (Å²) in [6.07, 6.45) is -2.68. The maximum Gasteiger partial charge on any atom is 0.416 e. The first kappa shape index (κ1) is 19.3. The summed E-state index contributed by atoms with van der Waals surface area (Å²) < 4.78 is 37.2. The summed E-state index contributed by atoms with van der Waals surface area (Å²) in [5, 5.41) is 14.3. The Hall–Kier alpha value is -1.74. The lowest BCUT2D eigenvalue weighted by atomic mass is 10.1. The number of halogens is 3. The molecule has 0 heterocycles. The molecule has 0 aliphatic rings. The van der Waals surface area contributed by atoms with Crippen molar-refractivity contribution in [3.63, 3.8) is 0 Å². The number of anilines is 1. The number of aliphatic hydroxyl groups is 1. The Labute approximate surface area is 135 Å². The van der Waals surface area contributed by atoms with Crippen LogP contribution in [0.25, 0.3) is 0 Å². The van der Waals surface area contributed by atoms with Gasteiger partial charge in [0.1, 0.15) is 0 Å². The normalized spacial score (nSPS) is 14.0. The Morgan fingerprint density at radius 2 is 1.74 bits per heavy atom. The van der Waals surface area contributed by atoms with Gasteiger partial charge in [0.05, 0.1) is 11.2 Å². The number of amides is 2. The first-order chi connectivity index (χ1) is 10.5. The fraction of sp³-hybridized carbons (Fsp3) is 0.429. The highest BCUT2D eigenvalue weighted by Gasteiger charge is 2.30. The Balaban J connectivity index is 2.57. The topological polar surface area (TPSA) is 78.4 Å². The van der Waals surface area contributed by atoms with E-state index in [2.05, 4.69) is 10.6 Å². The van der Waals surface area contributed by atoms with E-state index < -0.39 is 29.2 Å². The van der Waals surface area contributed by atoms with Gasteiger partial charge in [-0.25, -0.2) is 0 Å². The summed E-state index contributed by atoms with van der Waals surface area (Å²) in [4.78, 5) is 23.2. The lowest BCUT2D eigenvalue weighted by Gasteiger charge is -2.22. The van der Waals surface area contributed by atoms with Gasteiger partial charge in [0, 0.05) is 18.0 Å². The van der Waals surface area contributed by atoms with Crippen molar-refractivity contribution in [2.24, 2.45) is 0 Å². The molecule has 0 saturated carbocycles. The third kappa shape index (κ3) is 6.49. The lowest BCUT2D eigenvalue weighted by Crippen LogP contribution is -2.45. The number of benzene rings is 1. The quantitative estimate of drug-likeness (QED) is 0.709. The highest BCUT2D eigenvalue weighted by atomic mass is 32.2. The molecule has 1 atom stereocenters. The van der Waals surface area contributed by atoms with Crippen molar-refractivity contribution >= 4 is 29.3 Å². The molecule has 1 unspecified atom stereocenters. The molecule has 1 aromatic carbocycles. The maximum absolute atomic E-state index is 12.4. The first-order valence-electron chi connectivity index (χ1n) is 6.53. The van der Waals surface area contributed by atoms with Crippen LogP contribution in [0.2, 0.25) is 0 Å². The molecule has 9 heteroatoms. The van der Waals surface area contributed by atoms with Crippen molar-refractivity contribution in [2.75, 3.05) is 23.9 Å². The Bertz CT molecular complexity index is 559. The molecule has 23 heavy (non-hydrogen) atoms. The van der Waals surface area contributed by atoms with Gasteiger partial charge in [-0.05, 0) is 37.4 Å². The molecule has 0 fully saturated rings. The summed E-state index contributed by atoms with van der Waals surface area (Å²) in [5.41, 5.74) is -1.95. The highest BCUT2D eigenvalue weighted by molar-refractivity contribution is 7.98. The van der Waals surface area contributed by atoms with Crippen LogP contribution in [0.15, 0.2) is 24.3 Å². The Morgan fingerprint density at radius 3 is 2.22 bits per heavy atom. The van der Waals surface area contributed by atoms with Crippen LogP contribution >= 0.6 is 11.8 Å². The Kier molecular flexibility index (Phi) is 6.46. The molecule has 0 spiro atoms. The van der Waals surface area contributed by atoms with Gasteiger partial charge in [0.25, 0.3) is 0 Å². The monoisotopic (exact) mass is 350 g/mol. The molecule has 0 radical (unpaired) electrons. The van der Waals surface area contributed by atoms with E-state index in [-0.39, 0.29) is 12.2 Å². The van der Waals surface area contributed by atoms with E-state index in [1.807, 2.05) is 0 Å². The molecule has 3 N–H and O–H groups in total. The summed E-state index contributed by atoms with van der Waals surface area (Å²) in [5.74, 6) is -1.63. The summed E-state index contributed by atoms with van der Waals surface area (Å²) in [6, 6.07) is 3.71. The average Bonchev–Trinajstić information content (AvgIpc) is 2.44. The predicted octanol–water partition coefficient (Wildman–Crippen LogP) is 1.87. The standard InChI is InChI=1S/C14H17F3N2O3S/c1-13(22,8-23-2)7-18-11(20)12(21)19-10-5-3-9(4-6-10)14(15,16)17/h3-6,22H,7-8H2,1-2H3,(H,18,20)(H,19,21). The van der Waals surface area contributed by atoms with Crippen LogP contribution in [0, 0.1) is 0 Å². The summed E-state index contributed by atoms with van der Waals surface area (Å²) in [6.45, 7) is 1.39. The molecule has 1 aromatic rings. The number of hydrogen-bond donors (Lipinski definition) is 3. The summed E-state index contributed by atoms with van der Waals surface area (Å²) >= 11 is 1.38. The number of nitrogens with one attached hydrogen (secondary N) is 2. The van der Waals surface area contributed by atoms with E-state index >= 15 is 0 Å². The second-order valence-corrected chi connectivity index (χ2v) is 6.01. The van der Waals surface area contributed by atoms with Crippen LogP contribution < -0.4 is 10.6 Å². The van der Waals surface area contributed by atoms with Crippen molar-refractivity contribution in [2.45, 2.75) is 18.7 Å². The number of carbonyl (C=O) groups excluding carboxylic acids is 2. The van der Waals surface area contributed by atoms with E-state index in [4.69, 9.17) is 0 Å². The third-order valence-corrected chi connectivity index (χ3v) is 3.67. The molecular weight excluding hydrogens is 333 g/mol. The zero-order valence-electron chi connectivity index (χ0n) is 12.5. The average molecular weight is 350 g/mol. The van der Waals surface area contributed by atoms with Crippen LogP contribution in [0.3, 0.4) is 0 Å². The molecule has 0 aromatic heterocycles.